The fraction of sp³-hybridized carbons (Fsp3) is 0.190. The molecule has 0 bridgehead atoms. The summed E-state index contributed by atoms with van der Waals surface area (Å²) in [5.74, 6) is -1.24. The summed E-state index contributed by atoms with van der Waals surface area (Å²) in [5, 5.41) is 3.33. The number of aromatic nitrogens is 1. The van der Waals surface area contributed by atoms with Crippen molar-refractivity contribution in [2.24, 2.45) is 0 Å². The van der Waals surface area contributed by atoms with Crippen molar-refractivity contribution in [1.29, 1.82) is 0 Å². The zero-order chi connectivity index (χ0) is 21.0. The standard InChI is InChI=1S/C21H17F3N2O3/c1-29-20(28)18(10-13-6-8-16(9-7-13)21(22,23)24)26-19(27)15-11-14-4-2-3-5-17(14)25-12-15/h2-9,11-12,18H,10H2,1H3,(H,26,27)/t18-/m1/s1. The van der Waals surface area contributed by atoms with Gasteiger partial charge in [0.05, 0.1) is 23.8 Å². The van der Waals surface area contributed by atoms with Crippen molar-refractivity contribution >= 4 is 22.8 Å². The average Bonchev–Trinajstić information content (AvgIpc) is 2.72. The van der Waals surface area contributed by atoms with Crippen LogP contribution in [-0.4, -0.2) is 30.0 Å². The van der Waals surface area contributed by atoms with Gasteiger partial charge in [0.2, 0.25) is 0 Å². The molecular weight excluding hydrogens is 385 g/mol. The highest BCUT2D eigenvalue weighted by Crippen LogP contribution is 2.29. The maximum atomic E-state index is 12.7. The van der Waals surface area contributed by atoms with Gasteiger partial charge in [-0.1, -0.05) is 30.3 Å². The molecule has 3 aromatic rings. The van der Waals surface area contributed by atoms with Gasteiger partial charge in [-0.05, 0) is 29.8 Å². The summed E-state index contributed by atoms with van der Waals surface area (Å²) in [6.45, 7) is 0. The first-order valence-electron chi connectivity index (χ1n) is 8.67. The number of fused-ring (bicyclic) bond motifs is 1. The topological polar surface area (TPSA) is 68.3 Å². The summed E-state index contributed by atoms with van der Waals surface area (Å²) in [7, 11) is 1.17. The fourth-order valence-corrected chi connectivity index (χ4v) is 2.84. The predicted octanol–water partition coefficient (Wildman–Crippen LogP) is 3.77. The summed E-state index contributed by atoms with van der Waals surface area (Å²) < 4.78 is 42.8. The molecule has 0 radical (unpaired) electrons. The molecule has 150 valence electrons. The van der Waals surface area contributed by atoms with E-state index in [4.69, 9.17) is 4.74 Å². The lowest BCUT2D eigenvalue weighted by molar-refractivity contribution is -0.143. The normalized spacial score (nSPS) is 12.4. The van der Waals surface area contributed by atoms with Gasteiger partial charge in [-0.2, -0.15) is 13.2 Å². The first-order valence-corrected chi connectivity index (χ1v) is 8.67. The smallest absolute Gasteiger partial charge is 0.416 e. The molecule has 2 aromatic carbocycles. The first kappa shape index (κ1) is 20.3. The monoisotopic (exact) mass is 402 g/mol. The van der Waals surface area contributed by atoms with Crippen LogP contribution >= 0.6 is 0 Å². The number of nitrogens with zero attached hydrogens (tertiary/aromatic N) is 1. The van der Waals surface area contributed by atoms with Gasteiger partial charge in [0.15, 0.2) is 0 Å². The van der Waals surface area contributed by atoms with Crippen molar-refractivity contribution in [3.05, 3.63) is 77.5 Å². The number of esters is 1. The Hall–Kier alpha value is -3.42. The molecule has 8 heteroatoms. The van der Waals surface area contributed by atoms with E-state index in [0.29, 0.717) is 5.56 Å². The minimum absolute atomic E-state index is 0.0163. The molecule has 0 unspecified atom stereocenters. The lowest BCUT2D eigenvalue weighted by Crippen LogP contribution is -2.43. The molecule has 1 aromatic heterocycles. The Morgan fingerprint density at radius 3 is 2.45 bits per heavy atom. The summed E-state index contributed by atoms with van der Waals surface area (Å²) in [6.07, 6.45) is -3.07. The molecule has 0 aliphatic carbocycles. The Labute approximate surface area is 164 Å². The number of benzene rings is 2. The molecular formula is C21H17F3N2O3. The number of carbonyl (C=O) groups is 2. The van der Waals surface area contributed by atoms with E-state index < -0.39 is 29.7 Å². The molecule has 0 aliphatic rings. The van der Waals surface area contributed by atoms with Crippen molar-refractivity contribution in [2.75, 3.05) is 7.11 Å². The number of alkyl halides is 3. The van der Waals surface area contributed by atoms with Gasteiger partial charge in [-0.15, -0.1) is 0 Å². The van der Waals surface area contributed by atoms with Crippen LogP contribution in [-0.2, 0) is 22.1 Å². The van der Waals surface area contributed by atoms with Gasteiger partial charge >= 0.3 is 12.1 Å². The largest absolute Gasteiger partial charge is 0.467 e. The number of nitrogens with one attached hydrogen (secondary N) is 1. The van der Waals surface area contributed by atoms with Crippen molar-refractivity contribution in [1.82, 2.24) is 10.3 Å². The molecule has 1 heterocycles. The molecule has 0 saturated heterocycles. The SMILES string of the molecule is COC(=O)[C@@H](Cc1ccc(C(F)(F)F)cc1)NC(=O)c1cnc2ccccc2c1. The van der Waals surface area contributed by atoms with Crippen molar-refractivity contribution in [3.8, 4) is 0 Å². The van der Waals surface area contributed by atoms with Crippen LogP contribution in [0.15, 0.2) is 60.8 Å². The Kier molecular flexibility index (Phi) is 5.81. The van der Waals surface area contributed by atoms with Crippen molar-refractivity contribution < 1.29 is 27.5 Å². The van der Waals surface area contributed by atoms with Crippen LogP contribution in [0.4, 0.5) is 13.2 Å². The number of hydrogen-bond acceptors (Lipinski definition) is 4. The lowest BCUT2D eigenvalue weighted by atomic mass is 10.0. The Morgan fingerprint density at radius 1 is 1.10 bits per heavy atom. The molecule has 0 fully saturated rings. The Bertz CT molecular complexity index is 1030. The molecule has 1 amide bonds. The highest BCUT2D eigenvalue weighted by atomic mass is 19.4. The van der Waals surface area contributed by atoms with E-state index >= 15 is 0 Å². The third-order valence-electron chi connectivity index (χ3n) is 4.36. The number of ether oxygens (including phenoxy) is 1. The second-order valence-electron chi connectivity index (χ2n) is 6.36. The van der Waals surface area contributed by atoms with E-state index in [2.05, 4.69) is 10.3 Å². The summed E-state index contributed by atoms with van der Waals surface area (Å²) >= 11 is 0. The van der Waals surface area contributed by atoms with Crippen LogP contribution < -0.4 is 5.32 Å². The molecule has 0 saturated carbocycles. The van der Waals surface area contributed by atoms with Crippen LogP contribution in [0.5, 0.6) is 0 Å². The van der Waals surface area contributed by atoms with Crippen LogP contribution in [0.25, 0.3) is 10.9 Å². The molecule has 0 aliphatic heterocycles. The fourth-order valence-electron chi connectivity index (χ4n) is 2.84. The third kappa shape index (κ3) is 4.90. The number of rotatable bonds is 5. The van der Waals surface area contributed by atoms with Crippen LogP contribution in [0.1, 0.15) is 21.5 Å². The number of methoxy groups -OCH3 is 1. The number of hydrogen-bond donors (Lipinski definition) is 1. The second kappa shape index (κ2) is 8.30. The molecule has 1 N–H and O–H groups in total. The third-order valence-corrected chi connectivity index (χ3v) is 4.36. The van der Waals surface area contributed by atoms with E-state index in [1.807, 2.05) is 12.1 Å². The number of pyridine rings is 1. The Morgan fingerprint density at radius 2 is 1.79 bits per heavy atom. The van der Waals surface area contributed by atoms with Gasteiger partial charge in [-0.3, -0.25) is 9.78 Å². The molecule has 0 spiro atoms. The van der Waals surface area contributed by atoms with Crippen LogP contribution in [0, 0.1) is 0 Å². The van der Waals surface area contributed by atoms with Crippen LogP contribution in [0.2, 0.25) is 0 Å². The number of carbonyl (C=O) groups excluding carboxylic acids is 2. The maximum Gasteiger partial charge on any atom is 0.416 e. The van der Waals surface area contributed by atoms with E-state index in [1.165, 1.54) is 25.4 Å². The summed E-state index contributed by atoms with van der Waals surface area (Å²) in [5.41, 5.74) is 0.635. The molecule has 3 rings (SSSR count). The molecule has 1 atom stereocenters. The van der Waals surface area contributed by atoms with E-state index in [0.717, 1.165) is 23.0 Å². The number of para-hydroxylation sites is 1. The quantitative estimate of drug-likeness (QED) is 0.660. The van der Waals surface area contributed by atoms with Gasteiger partial charge in [0.1, 0.15) is 6.04 Å². The zero-order valence-corrected chi connectivity index (χ0v) is 15.4. The maximum absolute atomic E-state index is 12.7. The molecule has 29 heavy (non-hydrogen) atoms. The van der Waals surface area contributed by atoms with Gasteiger partial charge < -0.3 is 10.1 Å². The molecule has 5 nitrogen and oxygen atoms in total. The van der Waals surface area contributed by atoms with Crippen LogP contribution in [0.3, 0.4) is 0 Å². The summed E-state index contributed by atoms with van der Waals surface area (Å²) in [4.78, 5) is 28.9. The minimum atomic E-state index is -4.45. The Balaban J connectivity index is 1.77. The first-order chi connectivity index (χ1) is 13.8. The van der Waals surface area contributed by atoms with E-state index in [-0.39, 0.29) is 12.0 Å². The van der Waals surface area contributed by atoms with Crippen molar-refractivity contribution in [3.63, 3.8) is 0 Å². The van der Waals surface area contributed by atoms with Gasteiger partial charge in [0.25, 0.3) is 5.91 Å². The second-order valence-corrected chi connectivity index (χ2v) is 6.36. The van der Waals surface area contributed by atoms with E-state index in [9.17, 15) is 22.8 Å². The van der Waals surface area contributed by atoms with Crippen molar-refractivity contribution in [2.45, 2.75) is 18.6 Å². The summed E-state index contributed by atoms with van der Waals surface area (Å²) in [6, 6.07) is 12.2. The van der Waals surface area contributed by atoms with E-state index in [1.54, 1.807) is 18.2 Å². The number of halogens is 3. The average molecular weight is 402 g/mol. The predicted molar refractivity (Wildman–Crippen MR) is 100 cm³/mol. The zero-order valence-electron chi connectivity index (χ0n) is 15.4. The lowest BCUT2D eigenvalue weighted by Gasteiger charge is -2.17. The van der Waals surface area contributed by atoms with Gasteiger partial charge in [0, 0.05) is 18.0 Å². The minimum Gasteiger partial charge on any atom is -0.467 e. The highest BCUT2D eigenvalue weighted by molar-refractivity contribution is 5.99. The number of amides is 1. The van der Waals surface area contributed by atoms with Gasteiger partial charge in [-0.25, -0.2) is 4.79 Å². The highest BCUT2D eigenvalue weighted by Gasteiger charge is 2.30.